The van der Waals surface area contributed by atoms with Gasteiger partial charge in [-0.1, -0.05) is 48.5 Å². The fraction of sp³-hybridized carbons (Fsp3) is 0.235. The molecule has 0 spiro atoms. The van der Waals surface area contributed by atoms with E-state index in [2.05, 4.69) is 17.9 Å². The van der Waals surface area contributed by atoms with Crippen molar-refractivity contribution in [3.05, 3.63) is 66.2 Å². The van der Waals surface area contributed by atoms with Gasteiger partial charge in [0.25, 0.3) is 0 Å². The Morgan fingerprint density at radius 3 is 2.33 bits per heavy atom. The van der Waals surface area contributed by atoms with E-state index in [1.54, 1.807) is 0 Å². The maximum absolute atomic E-state index is 11.9. The van der Waals surface area contributed by atoms with Crippen molar-refractivity contribution in [1.82, 2.24) is 5.32 Å². The first-order valence-electron chi connectivity index (χ1n) is 6.93. The van der Waals surface area contributed by atoms with Gasteiger partial charge in [0.15, 0.2) is 0 Å². The Morgan fingerprint density at radius 1 is 1.05 bits per heavy atom. The van der Waals surface area contributed by atoms with E-state index in [0.29, 0.717) is 19.6 Å². The predicted molar refractivity (Wildman–Crippen MR) is 87.9 cm³/mol. The Morgan fingerprint density at radius 2 is 1.67 bits per heavy atom. The van der Waals surface area contributed by atoms with Crippen LogP contribution in [0.25, 0.3) is 0 Å². The zero-order chi connectivity index (χ0) is 14.9. The minimum Gasteiger partial charge on any atom is -0.492 e. The SMILES string of the molecule is O=C(NCCOc1ccccc1)C(S)Cc1ccccc1. The topological polar surface area (TPSA) is 38.3 Å². The average Bonchev–Trinajstić information content (AvgIpc) is 2.53. The van der Waals surface area contributed by atoms with Gasteiger partial charge in [-0.15, -0.1) is 0 Å². The van der Waals surface area contributed by atoms with Crippen LogP contribution in [0.5, 0.6) is 5.75 Å². The summed E-state index contributed by atoms with van der Waals surface area (Å²) >= 11 is 4.36. The predicted octanol–water partition coefficient (Wildman–Crippen LogP) is 2.72. The first-order valence-corrected chi connectivity index (χ1v) is 7.45. The molecule has 0 radical (unpaired) electrons. The van der Waals surface area contributed by atoms with Gasteiger partial charge in [-0.05, 0) is 24.1 Å². The molecule has 0 saturated carbocycles. The first-order chi connectivity index (χ1) is 10.3. The molecule has 110 valence electrons. The number of amides is 1. The minimum absolute atomic E-state index is 0.0705. The van der Waals surface area contributed by atoms with Crippen molar-refractivity contribution in [2.75, 3.05) is 13.2 Å². The largest absolute Gasteiger partial charge is 0.492 e. The third-order valence-corrected chi connectivity index (χ3v) is 3.40. The monoisotopic (exact) mass is 301 g/mol. The van der Waals surface area contributed by atoms with Crippen molar-refractivity contribution in [3.8, 4) is 5.75 Å². The standard InChI is InChI=1S/C17H19NO2S/c19-17(16(21)13-14-7-3-1-4-8-14)18-11-12-20-15-9-5-2-6-10-15/h1-10,16,21H,11-13H2,(H,18,19). The van der Waals surface area contributed by atoms with E-state index in [-0.39, 0.29) is 11.2 Å². The van der Waals surface area contributed by atoms with Crippen LogP contribution in [0.2, 0.25) is 0 Å². The smallest absolute Gasteiger partial charge is 0.233 e. The number of benzene rings is 2. The van der Waals surface area contributed by atoms with Crippen molar-refractivity contribution in [1.29, 1.82) is 0 Å². The molecule has 0 bridgehead atoms. The zero-order valence-corrected chi connectivity index (χ0v) is 12.6. The van der Waals surface area contributed by atoms with Crippen LogP contribution in [0.1, 0.15) is 5.56 Å². The Balaban J connectivity index is 1.67. The summed E-state index contributed by atoms with van der Waals surface area (Å²) in [7, 11) is 0. The van der Waals surface area contributed by atoms with Crippen LogP contribution in [-0.2, 0) is 11.2 Å². The van der Waals surface area contributed by atoms with E-state index < -0.39 is 0 Å². The van der Waals surface area contributed by atoms with Crippen LogP contribution in [-0.4, -0.2) is 24.3 Å². The third-order valence-electron chi connectivity index (χ3n) is 2.99. The Kier molecular flexibility index (Phi) is 6.16. The van der Waals surface area contributed by atoms with Crippen LogP contribution in [0.15, 0.2) is 60.7 Å². The number of nitrogens with one attached hydrogen (secondary N) is 1. The Hall–Kier alpha value is -1.94. The van der Waals surface area contributed by atoms with Crippen LogP contribution in [0, 0.1) is 0 Å². The van der Waals surface area contributed by atoms with Gasteiger partial charge in [-0.2, -0.15) is 12.6 Å². The number of hydrogen-bond donors (Lipinski definition) is 2. The van der Waals surface area contributed by atoms with E-state index in [9.17, 15) is 4.79 Å². The highest BCUT2D eigenvalue weighted by molar-refractivity contribution is 7.81. The van der Waals surface area contributed by atoms with Crippen LogP contribution in [0.4, 0.5) is 0 Å². The van der Waals surface area contributed by atoms with Crippen LogP contribution >= 0.6 is 12.6 Å². The van der Waals surface area contributed by atoms with Crippen LogP contribution < -0.4 is 10.1 Å². The summed E-state index contributed by atoms with van der Waals surface area (Å²) in [6, 6.07) is 19.4. The second-order valence-corrected chi connectivity index (χ2v) is 5.28. The lowest BCUT2D eigenvalue weighted by Crippen LogP contribution is -2.35. The molecule has 0 saturated heterocycles. The molecule has 3 nitrogen and oxygen atoms in total. The van der Waals surface area contributed by atoms with Gasteiger partial charge in [-0.25, -0.2) is 0 Å². The second-order valence-electron chi connectivity index (χ2n) is 4.66. The van der Waals surface area contributed by atoms with Crippen molar-refractivity contribution >= 4 is 18.5 Å². The molecule has 4 heteroatoms. The van der Waals surface area contributed by atoms with Gasteiger partial charge in [0, 0.05) is 0 Å². The number of hydrogen-bond acceptors (Lipinski definition) is 3. The highest BCUT2D eigenvalue weighted by Gasteiger charge is 2.13. The molecule has 0 heterocycles. The molecule has 1 N–H and O–H groups in total. The highest BCUT2D eigenvalue weighted by atomic mass is 32.1. The second kappa shape index (κ2) is 8.37. The molecular weight excluding hydrogens is 282 g/mol. The Bertz CT molecular complexity index is 545. The van der Waals surface area contributed by atoms with Gasteiger partial charge < -0.3 is 10.1 Å². The molecule has 0 aliphatic heterocycles. The lowest BCUT2D eigenvalue weighted by molar-refractivity contribution is -0.120. The zero-order valence-electron chi connectivity index (χ0n) is 11.7. The summed E-state index contributed by atoms with van der Waals surface area (Å²) in [6.07, 6.45) is 0.620. The number of carbonyl (C=O) groups excluding carboxylic acids is 1. The summed E-state index contributed by atoms with van der Waals surface area (Å²) < 4.78 is 5.51. The highest BCUT2D eigenvalue weighted by Crippen LogP contribution is 2.08. The molecule has 2 aromatic rings. The number of para-hydroxylation sites is 1. The van der Waals surface area contributed by atoms with Crippen molar-refractivity contribution in [2.24, 2.45) is 0 Å². The maximum atomic E-state index is 11.9. The summed E-state index contributed by atoms with van der Waals surface area (Å²) in [4.78, 5) is 11.9. The first kappa shape index (κ1) is 15.4. The van der Waals surface area contributed by atoms with E-state index in [1.165, 1.54) is 0 Å². The molecule has 0 fully saturated rings. The molecule has 1 atom stereocenters. The molecule has 1 unspecified atom stereocenters. The van der Waals surface area contributed by atoms with Gasteiger partial charge in [-0.3, -0.25) is 4.79 Å². The summed E-state index contributed by atoms with van der Waals surface area (Å²) in [5.41, 5.74) is 1.10. The lowest BCUT2D eigenvalue weighted by atomic mass is 10.1. The molecule has 21 heavy (non-hydrogen) atoms. The van der Waals surface area contributed by atoms with Crippen molar-refractivity contribution in [3.63, 3.8) is 0 Å². The number of thiol groups is 1. The summed E-state index contributed by atoms with van der Waals surface area (Å²) in [5, 5.41) is 2.49. The van der Waals surface area contributed by atoms with E-state index in [1.807, 2.05) is 60.7 Å². The molecule has 1 amide bonds. The quantitative estimate of drug-likeness (QED) is 0.609. The van der Waals surface area contributed by atoms with Crippen molar-refractivity contribution in [2.45, 2.75) is 11.7 Å². The molecule has 0 aromatic heterocycles. The third kappa shape index (κ3) is 5.52. The molecule has 2 rings (SSSR count). The van der Waals surface area contributed by atoms with Gasteiger partial charge in [0.1, 0.15) is 12.4 Å². The molecule has 2 aromatic carbocycles. The number of rotatable bonds is 7. The number of carbonyl (C=O) groups is 1. The van der Waals surface area contributed by atoms with Crippen LogP contribution in [0.3, 0.4) is 0 Å². The van der Waals surface area contributed by atoms with Gasteiger partial charge in [0.05, 0.1) is 11.8 Å². The molecule has 0 aliphatic carbocycles. The fourth-order valence-electron chi connectivity index (χ4n) is 1.91. The Labute approximate surface area is 130 Å². The normalized spacial score (nSPS) is 11.7. The lowest BCUT2D eigenvalue weighted by Gasteiger charge is -2.12. The molecular formula is C17H19NO2S. The van der Waals surface area contributed by atoms with Gasteiger partial charge >= 0.3 is 0 Å². The fourth-order valence-corrected chi connectivity index (χ4v) is 2.21. The van der Waals surface area contributed by atoms with E-state index in [0.717, 1.165) is 11.3 Å². The maximum Gasteiger partial charge on any atom is 0.233 e. The summed E-state index contributed by atoms with van der Waals surface area (Å²) in [6.45, 7) is 0.918. The minimum atomic E-state index is -0.343. The van der Waals surface area contributed by atoms with Gasteiger partial charge in [0.2, 0.25) is 5.91 Å². The van der Waals surface area contributed by atoms with E-state index >= 15 is 0 Å². The average molecular weight is 301 g/mol. The van der Waals surface area contributed by atoms with Crippen molar-refractivity contribution < 1.29 is 9.53 Å². The number of ether oxygens (including phenoxy) is 1. The molecule has 0 aliphatic rings. The summed E-state index contributed by atoms with van der Waals surface area (Å²) in [5.74, 6) is 0.734. The van der Waals surface area contributed by atoms with E-state index in [4.69, 9.17) is 4.74 Å².